The van der Waals surface area contributed by atoms with Crippen molar-refractivity contribution in [1.82, 2.24) is 9.97 Å². The molecule has 4 heteroatoms. The molecule has 0 amide bonds. The Morgan fingerprint density at radius 1 is 1.00 bits per heavy atom. The van der Waals surface area contributed by atoms with E-state index in [1.54, 1.807) is 0 Å². The molecule has 0 aliphatic heterocycles. The van der Waals surface area contributed by atoms with Crippen molar-refractivity contribution in [3.63, 3.8) is 0 Å². The summed E-state index contributed by atoms with van der Waals surface area (Å²) >= 11 is 0. The van der Waals surface area contributed by atoms with Crippen LogP contribution in [0.3, 0.4) is 0 Å². The number of aromatic nitrogens is 2. The SMILES string of the molecule is CCCCCNc1cc(OCCCC)nc(CCC)n1. The van der Waals surface area contributed by atoms with Crippen molar-refractivity contribution in [3.05, 3.63) is 11.9 Å². The minimum absolute atomic E-state index is 0.704. The molecular formula is C16H29N3O. The Hall–Kier alpha value is -1.32. The standard InChI is InChI=1S/C16H29N3O/c1-4-7-9-11-17-15-13-16(20-12-8-5-2)19-14(18-15)10-6-3/h13H,4-12H2,1-3H3,(H,17,18,19). The van der Waals surface area contributed by atoms with Crippen LogP contribution < -0.4 is 10.1 Å². The lowest BCUT2D eigenvalue weighted by Crippen LogP contribution is -2.08. The summed E-state index contributed by atoms with van der Waals surface area (Å²) in [7, 11) is 0. The van der Waals surface area contributed by atoms with Gasteiger partial charge in [-0.1, -0.05) is 40.0 Å². The fourth-order valence-corrected chi connectivity index (χ4v) is 1.89. The van der Waals surface area contributed by atoms with Crippen molar-refractivity contribution >= 4 is 5.82 Å². The van der Waals surface area contributed by atoms with Crippen LogP contribution in [0, 0.1) is 0 Å². The van der Waals surface area contributed by atoms with Gasteiger partial charge in [-0.25, -0.2) is 4.98 Å². The van der Waals surface area contributed by atoms with Gasteiger partial charge in [0.05, 0.1) is 6.61 Å². The van der Waals surface area contributed by atoms with E-state index in [2.05, 4.69) is 36.1 Å². The van der Waals surface area contributed by atoms with Gasteiger partial charge in [-0.2, -0.15) is 4.98 Å². The molecule has 0 radical (unpaired) electrons. The lowest BCUT2D eigenvalue weighted by atomic mass is 10.2. The predicted molar refractivity (Wildman–Crippen MR) is 84.4 cm³/mol. The maximum atomic E-state index is 5.71. The highest BCUT2D eigenvalue weighted by atomic mass is 16.5. The summed E-state index contributed by atoms with van der Waals surface area (Å²) in [5.41, 5.74) is 0. The van der Waals surface area contributed by atoms with Gasteiger partial charge < -0.3 is 10.1 Å². The molecule has 0 aliphatic rings. The van der Waals surface area contributed by atoms with Crippen LogP contribution >= 0.6 is 0 Å². The zero-order valence-electron chi connectivity index (χ0n) is 13.2. The molecule has 0 saturated heterocycles. The molecular weight excluding hydrogens is 250 g/mol. The number of nitrogens with zero attached hydrogens (tertiary/aromatic N) is 2. The van der Waals surface area contributed by atoms with Gasteiger partial charge in [0.2, 0.25) is 5.88 Å². The van der Waals surface area contributed by atoms with Crippen molar-refractivity contribution in [2.45, 2.75) is 65.7 Å². The number of hydrogen-bond acceptors (Lipinski definition) is 4. The van der Waals surface area contributed by atoms with Gasteiger partial charge in [-0.05, 0) is 19.3 Å². The molecule has 1 heterocycles. The van der Waals surface area contributed by atoms with Crippen molar-refractivity contribution in [2.75, 3.05) is 18.5 Å². The van der Waals surface area contributed by atoms with E-state index < -0.39 is 0 Å². The molecule has 0 saturated carbocycles. The summed E-state index contributed by atoms with van der Waals surface area (Å²) in [6.07, 6.45) is 7.80. The Morgan fingerprint density at radius 3 is 2.50 bits per heavy atom. The second-order valence-electron chi connectivity index (χ2n) is 5.09. The molecule has 4 nitrogen and oxygen atoms in total. The normalized spacial score (nSPS) is 10.6. The zero-order valence-corrected chi connectivity index (χ0v) is 13.2. The number of aryl methyl sites for hydroxylation is 1. The van der Waals surface area contributed by atoms with E-state index in [4.69, 9.17) is 4.74 Å². The first-order valence-electron chi connectivity index (χ1n) is 8.04. The first kappa shape index (κ1) is 16.7. The van der Waals surface area contributed by atoms with E-state index in [9.17, 15) is 0 Å². The van der Waals surface area contributed by atoms with Gasteiger partial charge in [-0.3, -0.25) is 0 Å². The highest BCUT2D eigenvalue weighted by molar-refractivity contribution is 5.38. The summed E-state index contributed by atoms with van der Waals surface area (Å²) in [4.78, 5) is 9.01. The van der Waals surface area contributed by atoms with Gasteiger partial charge >= 0.3 is 0 Å². The van der Waals surface area contributed by atoms with Gasteiger partial charge in [0.1, 0.15) is 11.6 Å². The number of hydrogen-bond donors (Lipinski definition) is 1. The predicted octanol–water partition coefficient (Wildman–Crippen LogP) is 4.21. The molecule has 1 aromatic heterocycles. The fourth-order valence-electron chi connectivity index (χ4n) is 1.89. The number of ether oxygens (including phenoxy) is 1. The number of unbranched alkanes of at least 4 members (excludes halogenated alkanes) is 3. The first-order valence-corrected chi connectivity index (χ1v) is 8.04. The summed E-state index contributed by atoms with van der Waals surface area (Å²) in [5, 5.41) is 3.38. The maximum absolute atomic E-state index is 5.71. The molecule has 0 bridgehead atoms. The Labute approximate surface area is 123 Å². The van der Waals surface area contributed by atoms with Gasteiger partial charge in [0, 0.05) is 19.0 Å². The molecule has 20 heavy (non-hydrogen) atoms. The lowest BCUT2D eigenvalue weighted by Gasteiger charge is -2.10. The Bertz CT molecular complexity index is 369. The Morgan fingerprint density at radius 2 is 1.80 bits per heavy atom. The van der Waals surface area contributed by atoms with Crippen LogP contribution in [-0.2, 0) is 6.42 Å². The third-order valence-corrected chi connectivity index (χ3v) is 3.06. The maximum Gasteiger partial charge on any atom is 0.218 e. The van der Waals surface area contributed by atoms with E-state index in [0.29, 0.717) is 5.88 Å². The molecule has 1 rings (SSSR count). The first-order chi connectivity index (χ1) is 9.80. The Balaban J connectivity index is 2.60. The summed E-state index contributed by atoms with van der Waals surface area (Å²) in [6.45, 7) is 8.21. The molecule has 0 aliphatic carbocycles. The number of anilines is 1. The van der Waals surface area contributed by atoms with Crippen LogP contribution in [0.5, 0.6) is 5.88 Å². The van der Waals surface area contributed by atoms with Crippen LogP contribution in [0.15, 0.2) is 6.07 Å². The van der Waals surface area contributed by atoms with E-state index in [1.165, 1.54) is 19.3 Å². The molecule has 0 atom stereocenters. The molecule has 1 N–H and O–H groups in total. The highest BCUT2D eigenvalue weighted by Crippen LogP contribution is 2.15. The molecule has 1 aromatic rings. The molecule has 0 spiro atoms. The molecule has 114 valence electrons. The fraction of sp³-hybridized carbons (Fsp3) is 0.750. The van der Waals surface area contributed by atoms with E-state index in [0.717, 1.165) is 50.5 Å². The van der Waals surface area contributed by atoms with E-state index in [-0.39, 0.29) is 0 Å². The molecule has 0 aromatic carbocycles. The molecule has 0 unspecified atom stereocenters. The van der Waals surface area contributed by atoms with Crippen molar-refractivity contribution in [1.29, 1.82) is 0 Å². The Kier molecular flexibility index (Phi) is 8.76. The van der Waals surface area contributed by atoms with Crippen LogP contribution in [0.4, 0.5) is 5.82 Å². The van der Waals surface area contributed by atoms with Crippen LogP contribution in [0.2, 0.25) is 0 Å². The van der Waals surface area contributed by atoms with Crippen molar-refractivity contribution in [3.8, 4) is 5.88 Å². The summed E-state index contributed by atoms with van der Waals surface area (Å²) in [6, 6.07) is 1.92. The van der Waals surface area contributed by atoms with Crippen molar-refractivity contribution < 1.29 is 4.74 Å². The van der Waals surface area contributed by atoms with Crippen LogP contribution in [0.1, 0.15) is 65.1 Å². The third kappa shape index (κ3) is 6.73. The van der Waals surface area contributed by atoms with Gasteiger partial charge in [0.25, 0.3) is 0 Å². The average molecular weight is 279 g/mol. The zero-order chi connectivity index (χ0) is 14.6. The number of rotatable bonds is 11. The van der Waals surface area contributed by atoms with Gasteiger partial charge in [0.15, 0.2) is 0 Å². The smallest absolute Gasteiger partial charge is 0.218 e. The quantitative estimate of drug-likeness (QED) is 0.616. The molecule has 0 fully saturated rings. The largest absolute Gasteiger partial charge is 0.478 e. The van der Waals surface area contributed by atoms with Crippen LogP contribution in [-0.4, -0.2) is 23.1 Å². The lowest BCUT2D eigenvalue weighted by molar-refractivity contribution is 0.296. The monoisotopic (exact) mass is 279 g/mol. The minimum atomic E-state index is 0.704. The van der Waals surface area contributed by atoms with Crippen LogP contribution in [0.25, 0.3) is 0 Å². The van der Waals surface area contributed by atoms with Gasteiger partial charge in [-0.15, -0.1) is 0 Å². The topological polar surface area (TPSA) is 47.0 Å². The number of nitrogens with one attached hydrogen (secondary N) is 1. The second-order valence-corrected chi connectivity index (χ2v) is 5.09. The van der Waals surface area contributed by atoms with Crippen molar-refractivity contribution in [2.24, 2.45) is 0 Å². The summed E-state index contributed by atoms with van der Waals surface area (Å²) in [5.74, 6) is 2.47. The average Bonchev–Trinajstić information content (AvgIpc) is 2.44. The van der Waals surface area contributed by atoms with E-state index in [1.807, 2.05) is 6.07 Å². The summed E-state index contributed by atoms with van der Waals surface area (Å²) < 4.78 is 5.71. The second kappa shape index (κ2) is 10.5. The van der Waals surface area contributed by atoms with E-state index >= 15 is 0 Å². The highest BCUT2D eigenvalue weighted by Gasteiger charge is 2.05. The third-order valence-electron chi connectivity index (χ3n) is 3.06. The minimum Gasteiger partial charge on any atom is -0.478 e.